The molecule has 17 heavy (non-hydrogen) atoms. The van der Waals surface area contributed by atoms with E-state index in [2.05, 4.69) is 21.1 Å². The van der Waals surface area contributed by atoms with Crippen LogP contribution in [0.3, 0.4) is 0 Å². The number of rotatable bonds is 7. The smallest absolute Gasteiger partial charge is 0.404 e. The first kappa shape index (κ1) is 15.0. The zero-order valence-electron chi connectivity index (χ0n) is 9.01. The Kier molecular flexibility index (Phi) is 7.19. The second-order valence-electron chi connectivity index (χ2n) is 2.97. The van der Waals surface area contributed by atoms with Crippen LogP contribution in [0.15, 0.2) is 0 Å². The molecule has 0 aliphatic rings. The third-order valence-electron chi connectivity index (χ3n) is 1.65. The molecule has 9 heteroatoms. The Balaban J connectivity index is 3.82. The average Bonchev–Trinajstić information content (AvgIpc) is 2.23. The van der Waals surface area contributed by atoms with Crippen LogP contribution in [0, 0.1) is 0 Å². The molecule has 0 spiro atoms. The van der Waals surface area contributed by atoms with Crippen molar-refractivity contribution in [3.05, 3.63) is 0 Å². The molecule has 0 heterocycles. The molecule has 0 aliphatic heterocycles. The van der Waals surface area contributed by atoms with Gasteiger partial charge in [-0.3, -0.25) is 0 Å². The molecule has 6 N–H and O–H groups in total. The molecule has 9 nitrogen and oxygen atoms in total. The number of carbonyl (C=O) groups excluding carboxylic acids is 2. The fraction of sp³-hybridized carbons (Fsp3) is 0.625. The molecule has 0 bridgehead atoms. The zero-order valence-corrected chi connectivity index (χ0v) is 9.01. The maximum Gasteiger partial charge on any atom is 0.404 e. The van der Waals surface area contributed by atoms with E-state index in [1.165, 1.54) is 0 Å². The number of amides is 3. The van der Waals surface area contributed by atoms with Crippen molar-refractivity contribution in [3.8, 4) is 0 Å². The number of hydrogen-bond donors (Lipinski definition) is 5. The Morgan fingerprint density at radius 2 is 2.00 bits per heavy atom. The van der Waals surface area contributed by atoms with Gasteiger partial charge in [0.1, 0.15) is 12.6 Å². The Morgan fingerprint density at radius 1 is 1.35 bits per heavy atom. The van der Waals surface area contributed by atoms with Crippen molar-refractivity contribution in [2.45, 2.75) is 12.5 Å². The molecule has 0 rings (SSSR count). The molecule has 0 radical (unpaired) electrons. The topological polar surface area (TPSA) is 151 Å². The molecule has 98 valence electrons. The first-order chi connectivity index (χ1) is 7.97. The second-order valence-corrected chi connectivity index (χ2v) is 2.97. The summed E-state index contributed by atoms with van der Waals surface area (Å²) in [5.74, 6) is -1.25. The number of carbonyl (C=O) groups is 3. The number of primary amides is 1. The third-order valence-corrected chi connectivity index (χ3v) is 1.65. The van der Waals surface area contributed by atoms with E-state index in [-0.39, 0.29) is 26.2 Å². The summed E-state index contributed by atoms with van der Waals surface area (Å²) >= 11 is 0. The van der Waals surface area contributed by atoms with Crippen LogP contribution in [0.2, 0.25) is 0 Å². The van der Waals surface area contributed by atoms with Crippen LogP contribution < -0.4 is 16.4 Å². The summed E-state index contributed by atoms with van der Waals surface area (Å²) in [4.78, 5) is 31.9. The number of hydrogen-bond acceptors (Lipinski definition) is 5. The number of aliphatic carboxylic acids is 1. The highest BCUT2D eigenvalue weighted by Gasteiger charge is 2.18. The van der Waals surface area contributed by atoms with E-state index in [0.717, 1.165) is 0 Å². The van der Waals surface area contributed by atoms with Crippen molar-refractivity contribution in [1.29, 1.82) is 0 Å². The summed E-state index contributed by atoms with van der Waals surface area (Å²) in [5, 5.41) is 21.6. The lowest BCUT2D eigenvalue weighted by molar-refractivity contribution is -0.139. The summed E-state index contributed by atoms with van der Waals surface area (Å²) in [7, 11) is 0. The van der Waals surface area contributed by atoms with Gasteiger partial charge >= 0.3 is 18.1 Å². The number of aliphatic hydroxyl groups is 1. The van der Waals surface area contributed by atoms with Crippen LogP contribution >= 0.6 is 0 Å². The molecule has 0 aromatic heterocycles. The number of nitrogens with one attached hydrogen (secondary N) is 2. The first-order valence-corrected chi connectivity index (χ1v) is 4.77. The summed E-state index contributed by atoms with van der Waals surface area (Å²) in [6, 6.07) is -1.91. The monoisotopic (exact) mass is 249 g/mol. The van der Waals surface area contributed by atoms with Crippen LogP contribution in [0.5, 0.6) is 0 Å². The van der Waals surface area contributed by atoms with E-state index in [0.29, 0.717) is 0 Å². The second kappa shape index (κ2) is 8.16. The molecule has 1 atom stereocenters. The van der Waals surface area contributed by atoms with E-state index in [1.54, 1.807) is 0 Å². The van der Waals surface area contributed by atoms with E-state index in [9.17, 15) is 14.4 Å². The van der Waals surface area contributed by atoms with Crippen molar-refractivity contribution in [3.63, 3.8) is 0 Å². The first-order valence-electron chi connectivity index (χ1n) is 4.77. The Bertz CT molecular complexity index is 282. The molecule has 0 aliphatic carbocycles. The minimum Gasteiger partial charge on any atom is -0.480 e. The maximum atomic E-state index is 11.1. The quantitative estimate of drug-likeness (QED) is 0.336. The summed E-state index contributed by atoms with van der Waals surface area (Å²) in [6.45, 7) is -0.469. The van der Waals surface area contributed by atoms with Gasteiger partial charge in [0.25, 0.3) is 0 Å². The van der Waals surface area contributed by atoms with Gasteiger partial charge in [0.15, 0.2) is 0 Å². The Hall–Kier alpha value is -2.03. The largest absolute Gasteiger partial charge is 0.480 e. The number of aliphatic hydroxyl groups excluding tert-OH is 1. The Labute approximate surface area is 96.9 Å². The van der Waals surface area contributed by atoms with Crippen molar-refractivity contribution in [2.75, 3.05) is 19.8 Å². The van der Waals surface area contributed by atoms with E-state index in [4.69, 9.17) is 10.2 Å². The minimum absolute atomic E-state index is 0.000235. The van der Waals surface area contributed by atoms with Crippen LogP contribution in [0.25, 0.3) is 0 Å². The van der Waals surface area contributed by atoms with E-state index in [1.807, 2.05) is 0 Å². The highest BCUT2D eigenvalue weighted by Crippen LogP contribution is 1.90. The number of ether oxygens (including phenoxy) is 1. The molecule has 0 fully saturated rings. The lowest BCUT2D eigenvalue weighted by atomic mass is 10.2. The number of carboxylic acid groups (broad SMARTS) is 1. The SMILES string of the molecule is NC(=O)OCCNC(=O)N[C@@H](CCO)C(=O)O. The normalized spacial score (nSPS) is 11.4. The van der Waals surface area contributed by atoms with Gasteiger partial charge in [0, 0.05) is 13.0 Å². The molecule has 0 unspecified atom stereocenters. The molecule has 0 aromatic rings. The van der Waals surface area contributed by atoms with Gasteiger partial charge < -0.3 is 31.3 Å². The number of carboxylic acids is 1. The predicted molar refractivity (Wildman–Crippen MR) is 55.2 cm³/mol. The minimum atomic E-state index is -1.25. The lowest BCUT2D eigenvalue weighted by Crippen LogP contribution is -2.47. The fourth-order valence-electron chi connectivity index (χ4n) is 0.912. The molecular weight excluding hydrogens is 234 g/mol. The van der Waals surface area contributed by atoms with Crippen molar-refractivity contribution in [1.82, 2.24) is 10.6 Å². The number of nitrogens with two attached hydrogens (primary N) is 1. The molecule has 0 aromatic carbocycles. The highest BCUT2D eigenvalue weighted by molar-refractivity contribution is 5.82. The molecule has 0 saturated carbocycles. The highest BCUT2D eigenvalue weighted by atomic mass is 16.5. The van der Waals surface area contributed by atoms with Crippen LogP contribution in [0.1, 0.15) is 6.42 Å². The summed E-state index contributed by atoms with van der Waals surface area (Å²) < 4.78 is 4.33. The van der Waals surface area contributed by atoms with E-state index >= 15 is 0 Å². The van der Waals surface area contributed by atoms with Gasteiger partial charge in [-0.15, -0.1) is 0 Å². The van der Waals surface area contributed by atoms with Crippen molar-refractivity contribution >= 4 is 18.1 Å². The Morgan fingerprint density at radius 3 is 2.47 bits per heavy atom. The van der Waals surface area contributed by atoms with Crippen molar-refractivity contribution < 1.29 is 29.3 Å². The standard InChI is InChI=1S/C8H15N3O6/c9-7(15)17-4-2-10-8(16)11-5(1-3-12)6(13)14/h5,12H,1-4H2,(H2,9,15)(H,13,14)(H2,10,11,16)/t5-/m0/s1. The van der Waals surface area contributed by atoms with Crippen LogP contribution in [0.4, 0.5) is 9.59 Å². The van der Waals surface area contributed by atoms with E-state index < -0.39 is 24.1 Å². The van der Waals surface area contributed by atoms with Crippen LogP contribution in [-0.4, -0.2) is 54.1 Å². The van der Waals surface area contributed by atoms with Gasteiger partial charge in [-0.2, -0.15) is 0 Å². The average molecular weight is 249 g/mol. The molecular formula is C8H15N3O6. The van der Waals surface area contributed by atoms with Gasteiger partial charge in [-0.1, -0.05) is 0 Å². The summed E-state index contributed by atoms with van der Waals surface area (Å²) in [5.41, 5.74) is 4.67. The predicted octanol–water partition coefficient (Wildman–Crippen LogP) is -1.78. The van der Waals surface area contributed by atoms with Gasteiger partial charge in [0.05, 0.1) is 6.54 Å². The molecule has 3 amide bonds. The van der Waals surface area contributed by atoms with Crippen molar-refractivity contribution in [2.24, 2.45) is 5.73 Å². The fourth-order valence-corrected chi connectivity index (χ4v) is 0.912. The molecule has 0 saturated heterocycles. The summed E-state index contributed by atoms with van der Waals surface area (Å²) in [6.07, 6.45) is -1.06. The maximum absolute atomic E-state index is 11.1. The van der Waals surface area contributed by atoms with Gasteiger partial charge in [-0.25, -0.2) is 14.4 Å². The lowest BCUT2D eigenvalue weighted by Gasteiger charge is -2.13. The third kappa shape index (κ3) is 7.85. The van der Waals surface area contributed by atoms with Gasteiger partial charge in [0.2, 0.25) is 0 Å². The zero-order chi connectivity index (χ0) is 13.3. The van der Waals surface area contributed by atoms with Gasteiger partial charge in [-0.05, 0) is 0 Å². The number of urea groups is 1. The van der Waals surface area contributed by atoms with Crippen LogP contribution in [-0.2, 0) is 9.53 Å².